The summed E-state index contributed by atoms with van der Waals surface area (Å²) < 4.78 is 11.1. The van der Waals surface area contributed by atoms with E-state index in [4.69, 9.17) is 9.47 Å². The van der Waals surface area contributed by atoms with Crippen LogP contribution in [0.3, 0.4) is 0 Å². The van der Waals surface area contributed by atoms with E-state index in [0.29, 0.717) is 25.9 Å². The summed E-state index contributed by atoms with van der Waals surface area (Å²) in [5.41, 5.74) is -0.412. The summed E-state index contributed by atoms with van der Waals surface area (Å²) in [5.74, 6) is 0.867. The fourth-order valence-electron chi connectivity index (χ4n) is 2.20. The van der Waals surface area contributed by atoms with Crippen molar-refractivity contribution >= 4 is 0 Å². The topological polar surface area (TPSA) is 54.3 Å². The molecule has 1 aliphatic carbocycles. The number of nitrogens with one attached hydrogen (secondary N) is 1. The molecule has 1 aromatic carbocycles. The van der Waals surface area contributed by atoms with Crippen LogP contribution in [0.2, 0.25) is 0 Å². The van der Waals surface area contributed by atoms with E-state index in [2.05, 4.69) is 11.4 Å². The highest BCUT2D eigenvalue weighted by molar-refractivity contribution is 5.20. The first-order valence-corrected chi connectivity index (χ1v) is 7.66. The molecule has 1 atom stereocenters. The molecule has 21 heavy (non-hydrogen) atoms. The number of hydrogen-bond donors (Lipinski definition) is 1. The van der Waals surface area contributed by atoms with Crippen LogP contribution >= 0.6 is 0 Å². The molecule has 1 aliphatic rings. The van der Waals surface area contributed by atoms with Crippen LogP contribution < -0.4 is 10.1 Å². The Morgan fingerprint density at radius 2 is 2.00 bits per heavy atom. The number of ether oxygens (including phenoxy) is 2. The Labute approximate surface area is 127 Å². The molecule has 0 aliphatic heterocycles. The Balaban J connectivity index is 1.50. The van der Waals surface area contributed by atoms with Crippen molar-refractivity contribution in [2.75, 3.05) is 19.8 Å². The summed E-state index contributed by atoms with van der Waals surface area (Å²) in [5, 5.41) is 12.7. The SMILES string of the molecule is CC(C#N)(CCCOCCOc1ccccc1)NC1CC1. The fraction of sp³-hybridized carbons (Fsp3) is 0.588. The summed E-state index contributed by atoms with van der Waals surface area (Å²) >= 11 is 0. The molecule has 0 aromatic heterocycles. The monoisotopic (exact) mass is 288 g/mol. The molecule has 0 bridgehead atoms. The molecule has 0 heterocycles. The van der Waals surface area contributed by atoms with Gasteiger partial charge in [-0.25, -0.2) is 0 Å². The predicted octanol–water partition coefficient (Wildman–Crippen LogP) is 2.90. The van der Waals surface area contributed by atoms with E-state index < -0.39 is 5.54 Å². The van der Waals surface area contributed by atoms with E-state index in [1.165, 1.54) is 12.8 Å². The lowest BCUT2D eigenvalue weighted by Gasteiger charge is -2.23. The zero-order valence-corrected chi connectivity index (χ0v) is 12.7. The Bertz CT molecular complexity index is 454. The summed E-state index contributed by atoms with van der Waals surface area (Å²) in [7, 11) is 0. The van der Waals surface area contributed by atoms with Crippen molar-refractivity contribution in [3.63, 3.8) is 0 Å². The highest BCUT2D eigenvalue weighted by Crippen LogP contribution is 2.24. The van der Waals surface area contributed by atoms with Gasteiger partial charge in [-0.15, -0.1) is 0 Å². The van der Waals surface area contributed by atoms with Crippen LogP contribution in [0.15, 0.2) is 30.3 Å². The molecule has 1 fully saturated rings. The highest BCUT2D eigenvalue weighted by atomic mass is 16.5. The van der Waals surface area contributed by atoms with Crippen LogP contribution in [0.1, 0.15) is 32.6 Å². The second kappa shape index (κ2) is 8.02. The van der Waals surface area contributed by atoms with Crippen LogP contribution in [-0.4, -0.2) is 31.4 Å². The first-order chi connectivity index (χ1) is 10.2. The van der Waals surface area contributed by atoms with Crippen molar-refractivity contribution in [3.8, 4) is 11.8 Å². The van der Waals surface area contributed by atoms with Crippen molar-refractivity contribution < 1.29 is 9.47 Å². The lowest BCUT2D eigenvalue weighted by atomic mass is 9.98. The van der Waals surface area contributed by atoms with Gasteiger partial charge in [0.05, 0.1) is 12.7 Å². The van der Waals surface area contributed by atoms with Gasteiger partial charge in [-0.3, -0.25) is 5.32 Å². The van der Waals surface area contributed by atoms with Crippen molar-refractivity contribution in [2.45, 2.75) is 44.2 Å². The summed E-state index contributed by atoms with van der Waals surface area (Å²) in [6, 6.07) is 12.7. The van der Waals surface area contributed by atoms with Crippen LogP contribution in [0.5, 0.6) is 5.75 Å². The zero-order valence-electron chi connectivity index (χ0n) is 12.7. The van der Waals surface area contributed by atoms with Crippen LogP contribution in [-0.2, 0) is 4.74 Å². The van der Waals surface area contributed by atoms with E-state index in [1.807, 2.05) is 37.3 Å². The molecule has 0 spiro atoms. The van der Waals surface area contributed by atoms with Gasteiger partial charge in [0.25, 0.3) is 0 Å². The molecule has 0 saturated heterocycles. The Kier molecular flexibility index (Phi) is 6.04. The van der Waals surface area contributed by atoms with E-state index >= 15 is 0 Å². The smallest absolute Gasteiger partial charge is 0.119 e. The number of nitrogens with zero attached hydrogens (tertiary/aromatic N) is 1. The first-order valence-electron chi connectivity index (χ1n) is 7.66. The van der Waals surface area contributed by atoms with E-state index in [-0.39, 0.29) is 0 Å². The van der Waals surface area contributed by atoms with Crippen LogP contribution in [0, 0.1) is 11.3 Å². The standard InChI is InChI=1S/C17H24N2O2/c1-17(14-18,19-15-8-9-15)10-5-11-20-12-13-21-16-6-3-2-4-7-16/h2-4,6-7,15,19H,5,8-13H2,1H3. The van der Waals surface area contributed by atoms with E-state index in [1.54, 1.807) is 0 Å². The van der Waals surface area contributed by atoms with Crippen LogP contribution in [0.25, 0.3) is 0 Å². The van der Waals surface area contributed by atoms with Crippen molar-refractivity contribution in [1.82, 2.24) is 5.32 Å². The van der Waals surface area contributed by atoms with Gasteiger partial charge in [-0.2, -0.15) is 5.26 Å². The van der Waals surface area contributed by atoms with E-state index in [9.17, 15) is 5.26 Å². The lowest BCUT2D eigenvalue weighted by Crippen LogP contribution is -2.42. The number of rotatable bonds is 10. The molecule has 0 amide bonds. The van der Waals surface area contributed by atoms with Crippen molar-refractivity contribution in [1.29, 1.82) is 5.26 Å². The first kappa shape index (κ1) is 15.8. The Hall–Kier alpha value is -1.57. The second-order valence-corrected chi connectivity index (χ2v) is 5.74. The average molecular weight is 288 g/mol. The van der Waals surface area contributed by atoms with Gasteiger partial charge < -0.3 is 9.47 Å². The Morgan fingerprint density at radius 3 is 2.67 bits per heavy atom. The molecule has 4 heteroatoms. The van der Waals surface area contributed by atoms with Crippen LogP contribution in [0.4, 0.5) is 0 Å². The van der Waals surface area contributed by atoms with E-state index in [0.717, 1.165) is 18.6 Å². The van der Waals surface area contributed by atoms with Gasteiger partial charge in [-0.1, -0.05) is 18.2 Å². The van der Waals surface area contributed by atoms with Gasteiger partial charge in [0.2, 0.25) is 0 Å². The highest BCUT2D eigenvalue weighted by Gasteiger charge is 2.31. The number of para-hydroxylation sites is 1. The third-order valence-corrected chi connectivity index (χ3v) is 3.55. The maximum absolute atomic E-state index is 9.26. The second-order valence-electron chi connectivity index (χ2n) is 5.74. The molecule has 4 nitrogen and oxygen atoms in total. The molecular weight excluding hydrogens is 264 g/mol. The third-order valence-electron chi connectivity index (χ3n) is 3.55. The number of nitriles is 1. The normalized spacial score (nSPS) is 17.0. The number of hydrogen-bond acceptors (Lipinski definition) is 4. The molecular formula is C17H24N2O2. The summed E-state index contributed by atoms with van der Waals surface area (Å²) in [4.78, 5) is 0. The summed E-state index contributed by atoms with van der Waals surface area (Å²) in [6.07, 6.45) is 4.10. The van der Waals surface area contributed by atoms with Gasteiger partial charge in [-0.05, 0) is 44.7 Å². The minimum absolute atomic E-state index is 0.412. The quantitative estimate of drug-likeness (QED) is 0.673. The molecule has 2 rings (SSSR count). The largest absolute Gasteiger partial charge is 0.491 e. The maximum atomic E-state index is 9.26. The molecule has 1 aromatic rings. The summed E-state index contributed by atoms with van der Waals surface area (Å²) in [6.45, 7) is 3.78. The fourth-order valence-corrected chi connectivity index (χ4v) is 2.20. The zero-order chi connectivity index (χ0) is 15.0. The molecule has 1 unspecified atom stereocenters. The molecule has 1 N–H and O–H groups in total. The molecule has 0 radical (unpaired) electrons. The minimum atomic E-state index is -0.412. The third kappa shape index (κ3) is 6.16. The van der Waals surface area contributed by atoms with Gasteiger partial charge >= 0.3 is 0 Å². The minimum Gasteiger partial charge on any atom is -0.491 e. The van der Waals surface area contributed by atoms with Crippen molar-refractivity contribution in [2.24, 2.45) is 0 Å². The average Bonchev–Trinajstić information content (AvgIpc) is 3.31. The molecule has 1 saturated carbocycles. The van der Waals surface area contributed by atoms with Gasteiger partial charge in [0.15, 0.2) is 0 Å². The lowest BCUT2D eigenvalue weighted by molar-refractivity contribution is 0.0946. The van der Waals surface area contributed by atoms with Gasteiger partial charge in [0, 0.05) is 12.6 Å². The molecule has 114 valence electrons. The Morgan fingerprint density at radius 1 is 1.24 bits per heavy atom. The number of benzene rings is 1. The van der Waals surface area contributed by atoms with Gasteiger partial charge in [0.1, 0.15) is 17.9 Å². The predicted molar refractivity (Wildman–Crippen MR) is 82.2 cm³/mol. The van der Waals surface area contributed by atoms with Crippen molar-refractivity contribution in [3.05, 3.63) is 30.3 Å². The maximum Gasteiger partial charge on any atom is 0.119 e.